The summed E-state index contributed by atoms with van der Waals surface area (Å²) in [5, 5.41) is 0. The molecule has 0 nitrogen and oxygen atoms in total. The molecule has 2 unspecified atom stereocenters. The van der Waals surface area contributed by atoms with Gasteiger partial charge in [-0.25, -0.2) is 0 Å². The van der Waals surface area contributed by atoms with Gasteiger partial charge in [-0.2, -0.15) is 0 Å². The van der Waals surface area contributed by atoms with Crippen molar-refractivity contribution >= 4 is 7.92 Å². The summed E-state index contributed by atoms with van der Waals surface area (Å²) in [5.41, 5.74) is 5.92. The van der Waals surface area contributed by atoms with Gasteiger partial charge in [0.25, 0.3) is 0 Å². The summed E-state index contributed by atoms with van der Waals surface area (Å²) in [7, 11) is -0.0881. The van der Waals surface area contributed by atoms with E-state index < -0.39 is 0 Å². The van der Waals surface area contributed by atoms with Crippen LogP contribution in [-0.2, 0) is 0 Å². The van der Waals surface area contributed by atoms with E-state index in [2.05, 4.69) is 97.7 Å². The summed E-state index contributed by atoms with van der Waals surface area (Å²) in [5.74, 6) is 0.648. The molecule has 0 radical (unpaired) electrons. The van der Waals surface area contributed by atoms with Crippen LogP contribution < -0.4 is 0 Å². The van der Waals surface area contributed by atoms with E-state index in [4.69, 9.17) is 0 Å². The minimum atomic E-state index is -0.0881. The molecule has 1 heteroatoms. The smallest absolute Gasteiger partial charge is 0.00506 e. The normalized spacial score (nSPS) is 26.3. The second-order valence-corrected chi connectivity index (χ2v) is 9.68. The van der Waals surface area contributed by atoms with E-state index in [1.54, 1.807) is 0 Å². The van der Waals surface area contributed by atoms with Crippen LogP contribution in [0, 0.1) is 0 Å². The summed E-state index contributed by atoms with van der Waals surface area (Å²) < 4.78 is 0. The van der Waals surface area contributed by atoms with E-state index in [0.717, 1.165) is 0 Å². The Labute approximate surface area is 152 Å². The predicted molar refractivity (Wildman–Crippen MR) is 110 cm³/mol. The minimum absolute atomic E-state index is 0.0881. The molecule has 1 aliphatic heterocycles. The van der Waals surface area contributed by atoms with Gasteiger partial charge in [-0.05, 0) is 42.1 Å². The second kappa shape index (κ2) is 7.54. The van der Waals surface area contributed by atoms with Crippen molar-refractivity contribution in [1.29, 1.82) is 0 Å². The first kappa shape index (κ1) is 16.6. The summed E-state index contributed by atoms with van der Waals surface area (Å²) in [6.07, 6.45) is 2.55. The predicted octanol–water partition coefficient (Wildman–Crippen LogP) is 7.16. The lowest BCUT2D eigenvalue weighted by atomic mass is 9.86. The average Bonchev–Trinajstić information content (AvgIpc) is 2.70. The van der Waals surface area contributed by atoms with Crippen molar-refractivity contribution in [2.24, 2.45) is 0 Å². The zero-order valence-electron chi connectivity index (χ0n) is 14.8. The van der Waals surface area contributed by atoms with E-state index in [1.165, 1.54) is 29.5 Å². The molecule has 0 spiro atoms. The van der Waals surface area contributed by atoms with Crippen LogP contribution in [0.3, 0.4) is 0 Å². The second-order valence-electron chi connectivity index (χ2n) is 7.10. The summed E-state index contributed by atoms with van der Waals surface area (Å²) >= 11 is 0. The monoisotopic (exact) mass is 344 g/mol. The molecule has 0 N–H and O–H groups in total. The number of hydrogen-bond donors (Lipinski definition) is 0. The van der Waals surface area contributed by atoms with Crippen molar-refractivity contribution < 1.29 is 0 Å². The van der Waals surface area contributed by atoms with Gasteiger partial charge in [0, 0.05) is 11.3 Å². The first-order chi connectivity index (χ1) is 12.3. The van der Waals surface area contributed by atoms with Crippen LogP contribution in [0.25, 0.3) is 0 Å². The van der Waals surface area contributed by atoms with Crippen LogP contribution in [0.15, 0.2) is 91.0 Å². The Morgan fingerprint density at radius 1 is 0.560 bits per heavy atom. The first-order valence-electron chi connectivity index (χ1n) is 9.19. The van der Waals surface area contributed by atoms with Gasteiger partial charge < -0.3 is 0 Å². The molecule has 1 heterocycles. The largest absolute Gasteiger partial charge is 0.0945 e. The van der Waals surface area contributed by atoms with Crippen molar-refractivity contribution in [2.75, 3.05) is 6.66 Å². The summed E-state index contributed by atoms with van der Waals surface area (Å²) in [6.45, 7) is 2.52. The Balaban J connectivity index is 1.72. The van der Waals surface area contributed by atoms with E-state index in [9.17, 15) is 0 Å². The van der Waals surface area contributed by atoms with Crippen molar-refractivity contribution in [3.8, 4) is 0 Å². The third-order valence-corrected chi connectivity index (χ3v) is 8.62. The topological polar surface area (TPSA) is 0 Å². The lowest BCUT2D eigenvalue weighted by molar-refractivity contribution is 0.528. The van der Waals surface area contributed by atoms with Gasteiger partial charge in [0.15, 0.2) is 0 Å². The third kappa shape index (κ3) is 3.55. The number of rotatable bonds is 3. The molecule has 3 aromatic rings. The first-order valence-corrected chi connectivity index (χ1v) is 11.1. The highest BCUT2D eigenvalue weighted by atomic mass is 31.1. The van der Waals surface area contributed by atoms with Gasteiger partial charge in [0.05, 0.1) is 0 Å². The van der Waals surface area contributed by atoms with Crippen LogP contribution in [0.2, 0.25) is 0 Å². The zero-order valence-corrected chi connectivity index (χ0v) is 15.6. The van der Waals surface area contributed by atoms with E-state index in [1.807, 2.05) is 0 Å². The molecule has 0 aliphatic carbocycles. The highest BCUT2D eigenvalue weighted by molar-refractivity contribution is 7.57. The molecule has 0 aromatic heterocycles. The van der Waals surface area contributed by atoms with Gasteiger partial charge in [-0.3, -0.25) is 0 Å². The summed E-state index contributed by atoms with van der Waals surface area (Å²) in [4.78, 5) is 0. The molecule has 126 valence electrons. The van der Waals surface area contributed by atoms with E-state index >= 15 is 0 Å². The van der Waals surface area contributed by atoms with Gasteiger partial charge in [0.1, 0.15) is 0 Å². The zero-order chi connectivity index (χ0) is 17.1. The maximum atomic E-state index is 2.52. The highest BCUT2D eigenvalue weighted by Gasteiger charge is 2.36. The molecule has 0 bridgehead atoms. The van der Waals surface area contributed by atoms with Crippen LogP contribution in [-0.4, -0.2) is 6.66 Å². The fraction of sp³-hybridized carbons (Fsp3) is 0.250. The van der Waals surface area contributed by atoms with Gasteiger partial charge in [-0.1, -0.05) is 98.9 Å². The molecule has 1 aliphatic rings. The molecular formula is C24H25P. The maximum Gasteiger partial charge on any atom is 0.00506 e. The molecule has 0 amide bonds. The van der Waals surface area contributed by atoms with Crippen molar-refractivity contribution in [2.45, 2.75) is 30.1 Å². The van der Waals surface area contributed by atoms with Crippen LogP contribution in [0.5, 0.6) is 0 Å². The number of benzene rings is 3. The van der Waals surface area contributed by atoms with E-state index in [0.29, 0.717) is 17.2 Å². The van der Waals surface area contributed by atoms with E-state index in [-0.39, 0.29) is 7.92 Å². The van der Waals surface area contributed by atoms with Gasteiger partial charge in [-0.15, -0.1) is 0 Å². The Morgan fingerprint density at radius 3 is 1.32 bits per heavy atom. The molecule has 25 heavy (non-hydrogen) atoms. The van der Waals surface area contributed by atoms with Gasteiger partial charge >= 0.3 is 0 Å². The lowest BCUT2D eigenvalue weighted by Crippen LogP contribution is -2.17. The van der Waals surface area contributed by atoms with Crippen molar-refractivity contribution in [3.05, 3.63) is 108 Å². The molecule has 1 fully saturated rings. The molecule has 0 saturated carbocycles. The van der Waals surface area contributed by atoms with Crippen LogP contribution >= 0.6 is 7.92 Å². The van der Waals surface area contributed by atoms with Crippen LogP contribution in [0.4, 0.5) is 0 Å². The highest BCUT2D eigenvalue weighted by Crippen LogP contribution is 2.68. The lowest BCUT2D eigenvalue weighted by Gasteiger charge is -2.41. The van der Waals surface area contributed by atoms with Crippen LogP contribution in [0.1, 0.15) is 46.8 Å². The Hall–Kier alpha value is -1.91. The Morgan fingerprint density at radius 2 is 0.920 bits per heavy atom. The summed E-state index contributed by atoms with van der Waals surface area (Å²) in [6, 6.07) is 33.5. The standard InChI is InChI=1S/C24H25P/c1-25-23(20-13-7-3-8-14-20)17-22(19-11-5-2-6-12-19)18-24(25)21-15-9-4-10-16-21/h2-16,22-24H,17-18H2,1H3. The molecule has 4 rings (SSSR count). The molecule has 1 saturated heterocycles. The quantitative estimate of drug-likeness (QED) is 0.442. The molecule has 2 atom stereocenters. The average molecular weight is 344 g/mol. The van der Waals surface area contributed by atoms with Crippen molar-refractivity contribution in [3.63, 3.8) is 0 Å². The van der Waals surface area contributed by atoms with Gasteiger partial charge in [0.2, 0.25) is 0 Å². The minimum Gasteiger partial charge on any atom is -0.0945 e. The SMILES string of the molecule is CP1C(c2ccccc2)CC(c2ccccc2)CC1c1ccccc1. The molecular weight excluding hydrogens is 319 g/mol. The Bertz CT molecular complexity index is 733. The number of hydrogen-bond acceptors (Lipinski definition) is 0. The van der Waals surface area contributed by atoms with Crippen molar-refractivity contribution in [1.82, 2.24) is 0 Å². The molecule has 3 aromatic carbocycles. The Kier molecular flexibility index (Phi) is 4.99. The third-order valence-electron chi connectivity index (χ3n) is 5.64. The maximum absolute atomic E-state index is 2.52. The fourth-order valence-corrected chi connectivity index (χ4v) is 7.17. The fourth-order valence-electron chi connectivity index (χ4n) is 4.28.